The van der Waals surface area contributed by atoms with Crippen molar-refractivity contribution in [3.8, 4) is 23.0 Å². The summed E-state index contributed by atoms with van der Waals surface area (Å²) < 4.78 is 21.0. The normalized spacial score (nSPS) is 10.0. The minimum atomic E-state index is -0.406. The number of rotatable bonds is 8. The molecule has 0 bridgehead atoms. The van der Waals surface area contributed by atoms with Gasteiger partial charge in [0.15, 0.2) is 11.5 Å². The Labute approximate surface area is 163 Å². The maximum atomic E-state index is 12.8. The Morgan fingerprint density at radius 1 is 0.821 bits per heavy atom. The summed E-state index contributed by atoms with van der Waals surface area (Å²) in [5.41, 5.74) is 1.17. The minimum absolute atomic E-state index is 0.184. The number of carbonyl (C=O) groups excluding carboxylic acids is 2. The van der Waals surface area contributed by atoms with Gasteiger partial charge in [-0.3, -0.25) is 9.59 Å². The number of methoxy groups -OCH3 is 4. The van der Waals surface area contributed by atoms with Crippen molar-refractivity contribution in [1.29, 1.82) is 0 Å². The highest BCUT2D eigenvalue weighted by Crippen LogP contribution is 2.38. The fourth-order valence-electron chi connectivity index (χ4n) is 2.51. The number of benzene rings is 2. The van der Waals surface area contributed by atoms with Gasteiger partial charge < -0.3 is 29.6 Å². The summed E-state index contributed by atoms with van der Waals surface area (Å²) in [6.07, 6.45) is 0.303. The average molecular weight is 388 g/mol. The summed E-state index contributed by atoms with van der Waals surface area (Å²) in [5.74, 6) is 1.08. The van der Waals surface area contributed by atoms with Gasteiger partial charge >= 0.3 is 0 Å². The Morgan fingerprint density at radius 2 is 1.46 bits per heavy atom. The van der Waals surface area contributed by atoms with Gasteiger partial charge in [-0.1, -0.05) is 6.92 Å². The molecule has 0 heterocycles. The van der Waals surface area contributed by atoms with Crippen LogP contribution in [0.4, 0.5) is 11.4 Å². The van der Waals surface area contributed by atoms with E-state index in [0.29, 0.717) is 46.4 Å². The third-order valence-electron chi connectivity index (χ3n) is 4.00. The van der Waals surface area contributed by atoms with Crippen LogP contribution in [0.15, 0.2) is 30.3 Å². The van der Waals surface area contributed by atoms with Crippen LogP contribution in [0.3, 0.4) is 0 Å². The highest BCUT2D eigenvalue weighted by atomic mass is 16.5. The maximum absolute atomic E-state index is 12.8. The van der Waals surface area contributed by atoms with Crippen molar-refractivity contribution in [2.45, 2.75) is 13.3 Å². The van der Waals surface area contributed by atoms with E-state index in [1.54, 1.807) is 37.3 Å². The second kappa shape index (κ2) is 9.50. The molecule has 8 nitrogen and oxygen atoms in total. The van der Waals surface area contributed by atoms with Crippen molar-refractivity contribution in [3.63, 3.8) is 0 Å². The number of hydrogen-bond acceptors (Lipinski definition) is 6. The number of anilines is 2. The molecule has 0 aliphatic heterocycles. The quantitative estimate of drug-likeness (QED) is 0.720. The summed E-state index contributed by atoms with van der Waals surface area (Å²) >= 11 is 0. The smallest absolute Gasteiger partial charge is 0.255 e. The molecule has 0 radical (unpaired) electrons. The number of nitrogens with one attached hydrogen (secondary N) is 2. The van der Waals surface area contributed by atoms with Gasteiger partial charge in [0.05, 0.1) is 39.8 Å². The molecule has 28 heavy (non-hydrogen) atoms. The first kappa shape index (κ1) is 20.9. The van der Waals surface area contributed by atoms with Crippen molar-refractivity contribution in [3.05, 3.63) is 35.9 Å². The zero-order valence-electron chi connectivity index (χ0n) is 16.5. The second-order valence-electron chi connectivity index (χ2n) is 5.68. The first-order valence-corrected chi connectivity index (χ1v) is 8.56. The van der Waals surface area contributed by atoms with Crippen LogP contribution < -0.4 is 29.6 Å². The number of amides is 2. The molecule has 0 aromatic heterocycles. The van der Waals surface area contributed by atoms with E-state index >= 15 is 0 Å². The van der Waals surface area contributed by atoms with Crippen molar-refractivity contribution in [2.24, 2.45) is 0 Å². The van der Waals surface area contributed by atoms with Gasteiger partial charge in [-0.2, -0.15) is 0 Å². The molecule has 0 spiro atoms. The second-order valence-corrected chi connectivity index (χ2v) is 5.68. The fourth-order valence-corrected chi connectivity index (χ4v) is 2.51. The number of carbonyl (C=O) groups is 2. The highest BCUT2D eigenvalue weighted by Gasteiger charge is 2.18. The Bertz CT molecular complexity index is 841. The molecule has 2 aromatic carbocycles. The summed E-state index contributed by atoms with van der Waals surface area (Å²) in [7, 11) is 5.96. The Morgan fingerprint density at radius 3 is 1.96 bits per heavy atom. The van der Waals surface area contributed by atoms with Gasteiger partial charge in [0.2, 0.25) is 11.7 Å². The maximum Gasteiger partial charge on any atom is 0.255 e. The zero-order valence-corrected chi connectivity index (χ0v) is 16.5. The van der Waals surface area contributed by atoms with Gasteiger partial charge in [0.25, 0.3) is 5.91 Å². The van der Waals surface area contributed by atoms with E-state index in [0.717, 1.165) is 0 Å². The Balaban J connectivity index is 2.38. The van der Waals surface area contributed by atoms with Crippen molar-refractivity contribution in [1.82, 2.24) is 0 Å². The van der Waals surface area contributed by atoms with Gasteiger partial charge in [-0.25, -0.2) is 0 Å². The largest absolute Gasteiger partial charge is 0.497 e. The molecule has 0 fully saturated rings. The summed E-state index contributed by atoms with van der Waals surface area (Å²) in [5, 5.41) is 5.54. The van der Waals surface area contributed by atoms with Crippen LogP contribution in [0.25, 0.3) is 0 Å². The fraction of sp³-hybridized carbons (Fsp3) is 0.300. The van der Waals surface area contributed by atoms with Crippen LogP contribution >= 0.6 is 0 Å². The lowest BCUT2D eigenvalue weighted by molar-refractivity contribution is -0.115. The molecule has 8 heteroatoms. The topological polar surface area (TPSA) is 95.1 Å². The van der Waals surface area contributed by atoms with Crippen molar-refractivity contribution < 1.29 is 28.5 Å². The Kier molecular flexibility index (Phi) is 7.08. The third-order valence-corrected chi connectivity index (χ3v) is 4.00. The molecule has 0 aliphatic rings. The molecular formula is C20H24N2O6. The molecular weight excluding hydrogens is 364 g/mol. The first-order valence-electron chi connectivity index (χ1n) is 8.56. The van der Waals surface area contributed by atoms with E-state index in [4.69, 9.17) is 18.9 Å². The lowest BCUT2D eigenvalue weighted by Gasteiger charge is -2.16. The van der Waals surface area contributed by atoms with Gasteiger partial charge in [0, 0.05) is 18.1 Å². The van der Waals surface area contributed by atoms with Crippen LogP contribution in [0.2, 0.25) is 0 Å². The lowest BCUT2D eigenvalue weighted by atomic mass is 10.1. The van der Waals surface area contributed by atoms with Gasteiger partial charge in [0.1, 0.15) is 5.75 Å². The van der Waals surface area contributed by atoms with E-state index in [1.165, 1.54) is 28.4 Å². The van der Waals surface area contributed by atoms with E-state index in [-0.39, 0.29) is 5.91 Å². The zero-order chi connectivity index (χ0) is 20.7. The average Bonchev–Trinajstić information content (AvgIpc) is 2.73. The van der Waals surface area contributed by atoms with E-state index in [1.807, 2.05) is 0 Å². The van der Waals surface area contributed by atoms with Crippen LogP contribution in [0.1, 0.15) is 23.7 Å². The first-order chi connectivity index (χ1) is 13.5. The molecule has 0 aliphatic carbocycles. The van der Waals surface area contributed by atoms with Crippen LogP contribution in [-0.2, 0) is 4.79 Å². The summed E-state index contributed by atoms with van der Waals surface area (Å²) in [6, 6.07) is 8.07. The summed E-state index contributed by atoms with van der Waals surface area (Å²) in [6.45, 7) is 1.74. The van der Waals surface area contributed by atoms with Crippen LogP contribution in [0, 0.1) is 0 Å². The predicted molar refractivity (Wildman–Crippen MR) is 106 cm³/mol. The molecule has 0 unspecified atom stereocenters. The van der Waals surface area contributed by atoms with Crippen LogP contribution in [-0.4, -0.2) is 40.3 Å². The predicted octanol–water partition coefficient (Wildman–Crippen LogP) is 3.32. The molecule has 2 amide bonds. The molecule has 2 N–H and O–H groups in total. The van der Waals surface area contributed by atoms with Crippen molar-refractivity contribution >= 4 is 23.2 Å². The molecule has 2 rings (SSSR count). The number of hydrogen-bond donors (Lipinski definition) is 2. The number of ether oxygens (including phenoxy) is 4. The minimum Gasteiger partial charge on any atom is -0.497 e. The molecule has 150 valence electrons. The van der Waals surface area contributed by atoms with Gasteiger partial charge in [-0.05, 0) is 24.3 Å². The SMILES string of the molecule is CCC(=O)Nc1cc(OC)ccc1NC(=O)c1cc(OC)c(OC)c(OC)c1. The molecule has 0 saturated carbocycles. The van der Waals surface area contributed by atoms with Crippen molar-refractivity contribution in [2.75, 3.05) is 39.1 Å². The Hall–Kier alpha value is -3.42. The lowest BCUT2D eigenvalue weighted by Crippen LogP contribution is -2.16. The molecule has 0 atom stereocenters. The van der Waals surface area contributed by atoms with E-state index < -0.39 is 5.91 Å². The van der Waals surface area contributed by atoms with Gasteiger partial charge in [-0.15, -0.1) is 0 Å². The van der Waals surface area contributed by atoms with Crippen LogP contribution in [0.5, 0.6) is 23.0 Å². The summed E-state index contributed by atoms with van der Waals surface area (Å²) in [4.78, 5) is 24.6. The van der Waals surface area contributed by atoms with E-state index in [9.17, 15) is 9.59 Å². The molecule has 0 saturated heterocycles. The standard InChI is InChI=1S/C20H24N2O6/c1-6-18(23)21-15-11-13(25-2)7-8-14(15)22-20(24)12-9-16(26-3)19(28-5)17(10-12)27-4/h7-11H,6H2,1-5H3,(H,21,23)(H,22,24). The molecule has 2 aromatic rings. The monoisotopic (exact) mass is 388 g/mol. The highest BCUT2D eigenvalue weighted by molar-refractivity contribution is 6.08. The van der Waals surface area contributed by atoms with E-state index in [2.05, 4.69) is 10.6 Å². The third kappa shape index (κ3) is 4.64.